The molecule has 2 N–H and O–H groups in total. The first-order valence-electron chi connectivity index (χ1n) is 11.4. The summed E-state index contributed by atoms with van der Waals surface area (Å²) < 4.78 is 55.7. The van der Waals surface area contributed by atoms with Crippen LogP contribution in [0, 0.1) is 17.2 Å². The molecule has 2 fully saturated rings. The largest absolute Gasteiger partial charge is 0.419 e. The van der Waals surface area contributed by atoms with E-state index in [1.54, 1.807) is 0 Å². The Kier molecular flexibility index (Phi) is 6.62. The number of rotatable bonds is 5. The molecule has 1 saturated heterocycles. The van der Waals surface area contributed by atoms with Gasteiger partial charge in [0.25, 0.3) is 5.91 Å². The van der Waals surface area contributed by atoms with Crippen molar-refractivity contribution in [2.24, 2.45) is 5.92 Å². The Bertz CT molecular complexity index is 1260. The summed E-state index contributed by atoms with van der Waals surface area (Å²) in [5, 5.41) is 21.1. The van der Waals surface area contributed by atoms with Crippen molar-refractivity contribution in [2.45, 2.75) is 56.6 Å². The second-order valence-electron chi connectivity index (χ2n) is 9.79. The zero-order valence-corrected chi connectivity index (χ0v) is 20.7. The summed E-state index contributed by atoms with van der Waals surface area (Å²) in [5.41, 5.74) is -4.57. The van der Waals surface area contributed by atoms with Gasteiger partial charge in [-0.2, -0.15) is 18.4 Å². The number of halogens is 4. The molecule has 2 amide bonds. The Labute approximate surface area is 215 Å². The molecule has 2 unspecified atom stereocenters. The number of allylic oxidation sites excluding steroid dienone is 2. The number of aromatic nitrogens is 1. The standard InChI is InChI=1S/C24H23F4N5O3S/c1-22(2,36)12-31-19(34)15-5-4-13(9-17(15)25)33-21(37)32(20(35)23(33)6-3-7-23)14-8-16(24(26,27)28)18(10-29)30-11-14/h4-5,8-9,11,15,17,36H,3,6-7,12H2,1-2H3,(H,31,34). The molecular weight excluding hydrogens is 514 g/mol. The van der Waals surface area contributed by atoms with E-state index in [1.807, 2.05) is 0 Å². The van der Waals surface area contributed by atoms with Gasteiger partial charge in [0.15, 0.2) is 10.8 Å². The molecule has 1 aliphatic heterocycles. The predicted octanol–water partition coefficient (Wildman–Crippen LogP) is 3.12. The van der Waals surface area contributed by atoms with Crippen LogP contribution in [0.15, 0.2) is 36.2 Å². The summed E-state index contributed by atoms with van der Waals surface area (Å²) >= 11 is 5.50. The number of carbonyl (C=O) groups is 2. The maximum absolute atomic E-state index is 15.1. The number of anilines is 1. The number of thiocarbonyl (C=S) groups is 1. The molecule has 8 nitrogen and oxygen atoms in total. The van der Waals surface area contributed by atoms with Gasteiger partial charge in [-0.25, -0.2) is 9.37 Å². The molecule has 196 valence electrons. The molecule has 1 spiro atoms. The van der Waals surface area contributed by atoms with Crippen LogP contribution in [-0.4, -0.2) is 55.8 Å². The first-order valence-corrected chi connectivity index (χ1v) is 11.8. The Balaban J connectivity index is 1.65. The molecule has 0 radical (unpaired) electrons. The minimum absolute atomic E-state index is 0.0826. The quantitative estimate of drug-likeness (QED) is 0.439. The normalized spacial score (nSPS) is 23.1. The van der Waals surface area contributed by atoms with Crippen LogP contribution >= 0.6 is 12.2 Å². The van der Waals surface area contributed by atoms with Crippen LogP contribution in [0.3, 0.4) is 0 Å². The van der Waals surface area contributed by atoms with Gasteiger partial charge in [0.1, 0.15) is 17.8 Å². The van der Waals surface area contributed by atoms with Crippen LogP contribution in [0.4, 0.5) is 23.2 Å². The second-order valence-corrected chi connectivity index (χ2v) is 10.2. The van der Waals surface area contributed by atoms with E-state index in [-0.39, 0.29) is 23.0 Å². The van der Waals surface area contributed by atoms with Crippen molar-refractivity contribution in [3.63, 3.8) is 0 Å². The lowest BCUT2D eigenvalue weighted by Gasteiger charge is -2.44. The van der Waals surface area contributed by atoms with E-state index >= 15 is 4.39 Å². The number of nitrogens with zero attached hydrogens (tertiary/aromatic N) is 4. The fourth-order valence-electron chi connectivity index (χ4n) is 4.52. The molecule has 1 saturated carbocycles. The van der Waals surface area contributed by atoms with Gasteiger partial charge in [-0.1, -0.05) is 6.08 Å². The molecular formula is C24H23F4N5O3S. The zero-order valence-electron chi connectivity index (χ0n) is 19.8. The van der Waals surface area contributed by atoms with Gasteiger partial charge in [-0.05, 0) is 63.5 Å². The number of alkyl halides is 4. The van der Waals surface area contributed by atoms with Crippen LogP contribution in [0.25, 0.3) is 0 Å². The third kappa shape index (κ3) is 4.71. The van der Waals surface area contributed by atoms with Gasteiger partial charge in [0.2, 0.25) is 5.91 Å². The van der Waals surface area contributed by atoms with E-state index in [4.69, 9.17) is 17.5 Å². The highest BCUT2D eigenvalue weighted by atomic mass is 32.1. The molecule has 37 heavy (non-hydrogen) atoms. The van der Waals surface area contributed by atoms with Gasteiger partial charge >= 0.3 is 6.18 Å². The van der Waals surface area contributed by atoms with E-state index in [9.17, 15) is 27.9 Å². The van der Waals surface area contributed by atoms with Crippen molar-refractivity contribution in [2.75, 3.05) is 11.4 Å². The van der Waals surface area contributed by atoms with E-state index < -0.39 is 52.5 Å². The van der Waals surface area contributed by atoms with E-state index in [0.717, 1.165) is 17.2 Å². The lowest BCUT2D eigenvalue weighted by Crippen LogP contribution is -2.54. The Hall–Kier alpha value is -3.37. The summed E-state index contributed by atoms with van der Waals surface area (Å²) in [6, 6.07) is 2.04. The Morgan fingerprint density at radius 2 is 2.05 bits per heavy atom. The van der Waals surface area contributed by atoms with Crippen LogP contribution in [-0.2, 0) is 15.8 Å². The number of carbonyl (C=O) groups excluding carboxylic acids is 2. The number of nitriles is 1. The monoisotopic (exact) mass is 537 g/mol. The number of hydrogen-bond acceptors (Lipinski definition) is 6. The fourth-order valence-corrected chi connectivity index (χ4v) is 4.99. The maximum Gasteiger partial charge on any atom is 0.419 e. The summed E-state index contributed by atoms with van der Waals surface area (Å²) in [7, 11) is 0. The van der Waals surface area contributed by atoms with Crippen LogP contribution < -0.4 is 10.2 Å². The number of amides is 2. The van der Waals surface area contributed by atoms with Crippen LogP contribution in [0.5, 0.6) is 0 Å². The molecule has 0 bridgehead atoms. The highest BCUT2D eigenvalue weighted by molar-refractivity contribution is 7.80. The van der Waals surface area contributed by atoms with E-state index in [2.05, 4.69) is 10.3 Å². The zero-order chi connectivity index (χ0) is 27.3. The third-order valence-corrected chi connectivity index (χ3v) is 6.90. The fraction of sp³-hybridized carbons (Fsp3) is 0.458. The summed E-state index contributed by atoms with van der Waals surface area (Å²) in [5.74, 6) is -2.38. The van der Waals surface area contributed by atoms with E-state index in [0.29, 0.717) is 25.3 Å². The van der Waals surface area contributed by atoms with Gasteiger partial charge in [0.05, 0.1) is 29.0 Å². The average molecular weight is 538 g/mol. The van der Waals surface area contributed by atoms with Crippen molar-refractivity contribution in [1.82, 2.24) is 15.2 Å². The Morgan fingerprint density at radius 1 is 1.38 bits per heavy atom. The van der Waals surface area contributed by atoms with E-state index in [1.165, 1.54) is 37.0 Å². The van der Waals surface area contributed by atoms with Crippen molar-refractivity contribution in [1.29, 1.82) is 5.26 Å². The van der Waals surface area contributed by atoms with Crippen molar-refractivity contribution < 1.29 is 32.3 Å². The smallest absolute Gasteiger partial charge is 0.389 e. The van der Waals surface area contributed by atoms with Crippen LogP contribution in [0.1, 0.15) is 44.4 Å². The molecule has 13 heteroatoms. The minimum atomic E-state index is -4.89. The topological polar surface area (TPSA) is 110 Å². The van der Waals surface area contributed by atoms with Gasteiger partial charge in [0, 0.05) is 12.2 Å². The highest BCUT2D eigenvalue weighted by Crippen LogP contribution is 2.48. The average Bonchev–Trinajstić information content (AvgIpc) is 3.02. The summed E-state index contributed by atoms with van der Waals surface area (Å²) in [6.07, 6.45) is -0.432. The van der Waals surface area contributed by atoms with Gasteiger partial charge in [-0.3, -0.25) is 14.5 Å². The molecule has 1 aromatic rings. The van der Waals surface area contributed by atoms with Gasteiger partial charge < -0.3 is 15.3 Å². The summed E-state index contributed by atoms with van der Waals surface area (Å²) in [6.45, 7) is 2.90. The lowest BCUT2D eigenvalue weighted by molar-refractivity contribution is -0.138. The van der Waals surface area contributed by atoms with Crippen molar-refractivity contribution >= 4 is 34.8 Å². The Morgan fingerprint density at radius 3 is 2.57 bits per heavy atom. The predicted molar refractivity (Wildman–Crippen MR) is 127 cm³/mol. The maximum atomic E-state index is 15.1. The molecule has 3 aliphatic rings. The summed E-state index contributed by atoms with van der Waals surface area (Å²) in [4.78, 5) is 31.9. The number of aliphatic hydroxyl groups is 1. The molecule has 2 atom stereocenters. The second kappa shape index (κ2) is 9.18. The van der Waals surface area contributed by atoms with Gasteiger partial charge in [-0.15, -0.1) is 0 Å². The lowest BCUT2D eigenvalue weighted by atomic mass is 9.75. The highest BCUT2D eigenvalue weighted by Gasteiger charge is 2.60. The molecule has 1 aromatic heterocycles. The first kappa shape index (κ1) is 26.7. The van der Waals surface area contributed by atoms with Crippen molar-refractivity contribution in [3.05, 3.63) is 47.4 Å². The molecule has 0 aromatic carbocycles. The van der Waals surface area contributed by atoms with Crippen molar-refractivity contribution in [3.8, 4) is 6.07 Å². The molecule has 4 rings (SSSR count). The number of hydrogen-bond donors (Lipinski definition) is 2. The number of pyridine rings is 1. The number of nitrogens with one attached hydrogen (secondary N) is 1. The molecule has 2 heterocycles. The SMILES string of the molecule is CC(C)(O)CNC(=O)C1C=CC(N2C(=S)N(c3cnc(C#N)c(C(F)(F)F)c3)C(=O)C23CCC3)=CC1F. The third-order valence-electron chi connectivity index (χ3n) is 6.54. The van der Waals surface area contributed by atoms with Crippen LogP contribution in [0.2, 0.25) is 0 Å². The first-order chi connectivity index (χ1) is 17.2. The molecule has 2 aliphatic carbocycles. The minimum Gasteiger partial charge on any atom is -0.389 e.